The van der Waals surface area contributed by atoms with Crippen LogP contribution < -0.4 is 4.31 Å². The van der Waals surface area contributed by atoms with Crippen LogP contribution in [0.1, 0.15) is 16.7 Å². The second-order valence-electron chi connectivity index (χ2n) is 7.54. The number of likely N-dealkylation sites (N-methyl/N-ethyl adjacent to an activating group) is 1. The van der Waals surface area contributed by atoms with Crippen LogP contribution in [0.15, 0.2) is 82.2 Å². The van der Waals surface area contributed by atoms with Gasteiger partial charge in [0.2, 0.25) is 5.91 Å². The molecule has 0 saturated heterocycles. The van der Waals surface area contributed by atoms with E-state index in [1.807, 2.05) is 38.1 Å². The summed E-state index contributed by atoms with van der Waals surface area (Å²) in [6.07, 6.45) is 0. The molecule has 0 unspecified atom stereocenters. The predicted molar refractivity (Wildman–Crippen MR) is 128 cm³/mol. The van der Waals surface area contributed by atoms with Crippen LogP contribution >= 0.6 is 15.9 Å². The van der Waals surface area contributed by atoms with Gasteiger partial charge in [-0.25, -0.2) is 8.42 Å². The van der Waals surface area contributed by atoms with Crippen molar-refractivity contribution in [1.29, 1.82) is 0 Å². The average molecular weight is 501 g/mol. The first kappa shape index (κ1) is 23.0. The van der Waals surface area contributed by atoms with E-state index < -0.39 is 10.0 Å². The highest BCUT2D eigenvalue weighted by Gasteiger charge is 2.28. The second kappa shape index (κ2) is 9.66. The molecule has 31 heavy (non-hydrogen) atoms. The summed E-state index contributed by atoms with van der Waals surface area (Å²) in [7, 11) is -2.24. The lowest BCUT2D eigenvalue weighted by Crippen LogP contribution is -2.41. The molecule has 0 heterocycles. The largest absolute Gasteiger partial charge is 0.340 e. The van der Waals surface area contributed by atoms with Crippen LogP contribution in [0.3, 0.4) is 0 Å². The van der Waals surface area contributed by atoms with Crippen LogP contribution in [0.4, 0.5) is 5.69 Å². The zero-order valence-electron chi connectivity index (χ0n) is 17.7. The van der Waals surface area contributed by atoms with Crippen LogP contribution in [-0.4, -0.2) is 32.8 Å². The number of anilines is 1. The van der Waals surface area contributed by atoms with Crippen molar-refractivity contribution in [2.75, 3.05) is 17.9 Å². The molecule has 7 heteroatoms. The molecule has 0 saturated carbocycles. The van der Waals surface area contributed by atoms with Crippen LogP contribution in [0.25, 0.3) is 0 Å². The summed E-state index contributed by atoms with van der Waals surface area (Å²) in [5.41, 5.74) is 3.52. The van der Waals surface area contributed by atoms with E-state index in [-0.39, 0.29) is 17.3 Å². The Morgan fingerprint density at radius 1 is 0.839 bits per heavy atom. The van der Waals surface area contributed by atoms with Gasteiger partial charge in [0.05, 0.1) is 10.6 Å². The summed E-state index contributed by atoms with van der Waals surface area (Å²) in [6, 6.07) is 21.4. The minimum atomic E-state index is -3.92. The van der Waals surface area contributed by atoms with Crippen molar-refractivity contribution in [2.24, 2.45) is 0 Å². The van der Waals surface area contributed by atoms with Crippen LogP contribution in [0, 0.1) is 13.8 Å². The third-order valence-corrected chi connectivity index (χ3v) is 7.29. The predicted octanol–water partition coefficient (Wildman–Crippen LogP) is 4.92. The van der Waals surface area contributed by atoms with Gasteiger partial charge >= 0.3 is 0 Å². The van der Waals surface area contributed by atoms with Gasteiger partial charge in [-0.3, -0.25) is 9.10 Å². The van der Waals surface area contributed by atoms with Crippen LogP contribution in [-0.2, 0) is 21.4 Å². The lowest BCUT2D eigenvalue weighted by molar-refractivity contribution is -0.128. The third-order valence-electron chi connectivity index (χ3n) is 4.97. The molecular formula is C24H25BrN2O3S. The Morgan fingerprint density at radius 3 is 1.90 bits per heavy atom. The van der Waals surface area contributed by atoms with E-state index >= 15 is 0 Å². The molecule has 3 rings (SSSR count). The number of carbonyl (C=O) groups excluding carboxylic acids is 1. The lowest BCUT2D eigenvalue weighted by Gasteiger charge is -2.27. The van der Waals surface area contributed by atoms with E-state index in [1.54, 1.807) is 60.5 Å². The molecule has 0 fully saturated rings. The molecular weight excluding hydrogens is 476 g/mol. The molecule has 0 aliphatic rings. The van der Waals surface area contributed by atoms with E-state index in [0.717, 1.165) is 25.5 Å². The highest BCUT2D eigenvalue weighted by Crippen LogP contribution is 2.26. The zero-order valence-corrected chi connectivity index (χ0v) is 20.2. The van der Waals surface area contributed by atoms with Crippen molar-refractivity contribution in [1.82, 2.24) is 4.90 Å². The number of carbonyl (C=O) groups is 1. The van der Waals surface area contributed by atoms with E-state index in [0.29, 0.717) is 12.2 Å². The average Bonchev–Trinajstić information content (AvgIpc) is 2.74. The van der Waals surface area contributed by atoms with Crippen molar-refractivity contribution in [3.05, 3.63) is 94.0 Å². The van der Waals surface area contributed by atoms with Crippen LogP contribution in [0.2, 0.25) is 0 Å². The van der Waals surface area contributed by atoms with Gasteiger partial charge < -0.3 is 4.90 Å². The van der Waals surface area contributed by atoms with Gasteiger partial charge in [0, 0.05) is 18.1 Å². The Labute approximate surface area is 192 Å². The molecule has 0 aliphatic carbocycles. The topological polar surface area (TPSA) is 57.7 Å². The van der Waals surface area contributed by atoms with E-state index in [4.69, 9.17) is 0 Å². The number of sulfonamides is 1. The van der Waals surface area contributed by atoms with E-state index in [9.17, 15) is 13.2 Å². The zero-order chi connectivity index (χ0) is 22.6. The molecule has 0 radical (unpaired) electrons. The van der Waals surface area contributed by atoms with Gasteiger partial charge in [0.1, 0.15) is 6.54 Å². The number of hydrogen-bond acceptors (Lipinski definition) is 3. The first-order valence-corrected chi connectivity index (χ1v) is 12.0. The fraction of sp³-hybridized carbons (Fsp3) is 0.208. The standard InChI is InChI=1S/C24H25BrN2O3S/c1-18-4-8-20(9-5-18)16-26(3)24(28)17-27(22-12-10-21(25)11-13-22)31(29,30)23-14-6-19(2)7-15-23/h4-15H,16-17H2,1-3H3. The van der Waals surface area contributed by atoms with Gasteiger partial charge in [0.25, 0.3) is 10.0 Å². The summed E-state index contributed by atoms with van der Waals surface area (Å²) < 4.78 is 28.8. The molecule has 3 aromatic rings. The number of benzene rings is 3. The fourth-order valence-corrected chi connectivity index (χ4v) is 4.74. The van der Waals surface area contributed by atoms with Gasteiger partial charge in [-0.1, -0.05) is 63.5 Å². The first-order valence-electron chi connectivity index (χ1n) is 9.81. The number of halogens is 1. The molecule has 162 valence electrons. The molecule has 0 aliphatic heterocycles. The molecule has 5 nitrogen and oxygen atoms in total. The Morgan fingerprint density at radius 2 is 1.35 bits per heavy atom. The highest BCUT2D eigenvalue weighted by molar-refractivity contribution is 9.10. The summed E-state index contributed by atoms with van der Waals surface area (Å²) >= 11 is 3.37. The SMILES string of the molecule is Cc1ccc(CN(C)C(=O)CN(c2ccc(Br)cc2)S(=O)(=O)c2ccc(C)cc2)cc1. The summed E-state index contributed by atoms with van der Waals surface area (Å²) in [5, 5.41) is 0. The third kappa shape index (κ3) is 5.74. The van der Waals surface area contributed by atoms with Crippen molar-refractivity contribution >= 4 is 37.5 Å². The molecule has 0 spiro atoms. The number of amides is 1. The maximum absolute atomic E-state index is 13.4. The second-order valence-corrected chi connectivity index (χ2v) is 10.3. The fourth-order valence-electron chi connectivity index (χ4n) is 3.06. The Hall–Kier alpha value is -2.64. The minimum Gasteiger partial charge on any atom is -0.340 e. The highest BCUT2D eigenvalue weighted by atomic mass is 79.9. The summed E-state index contributed by atoms with van der Waals surface area (Å²) in [5.74, 6) is -0.292. The van der Waals surface area contributed by atoms with Crippen molar-refractivity contribution in [3.63, 3.8) is 0 Å². The van der Waals surface area contributed by atoms with Gasteiger partial charge in [-0.2, -0.15) is 0 Å². The lowest BCUT2D eigenvalue weighted by atomic mass is 10.1. The van der Waals surface area contributed by atoms with Gasteiger partial charge in [-0.15, -0.1) is 0 Å². The van der Waals surface area contributed by atoms with Crippen molar-refractivity contribution < 1.29 is 13.2 Å². The normalized spacial score (nSPS) is 11.2. The number of nitrogens with zero attached hydrogens (tertiary/aromatic N) is 2. The number of rotatable bonds is 7. The molecule has 0 bridgehead atoms. The Bertz CT molecular complexity index is 1140. The van der Waals surface area contributed by atoms with Gasteiger partial charge in [-0.05, 0) is 55.8 Å². The smallest absolute Gasteiger partial charge is 0.264 e. The maximum Gasteiger partial charge on any atom is 0.264 e. The molecule has 3 aromatic carbocycles. The monoisotopic (exact) mass is 500 g/mol. The quantitative estimate of drug-likeness (QED) is 0.462. The summed E-state index contributed by atoms with van der Waals surface area (Å²) in [4.78, 5) is 14.7. The molecule has 0 atom stereocenters. The number of aryl methyl sites for hydroxylation is 2. The molecule has 0 aromatic heterocycles. The molecule has 1 amide bonds. The van der Waals surface area contributed by atoms with Crippen molar-refractivity contribution in [2.45, 2.75) is 25.3 Å². The minimum absolute atomic E-state index is 0.148. The van der Waals surface area contributed by atoms with Gasteiger partial charge in [0.15, 0.2) is 0 Å². The van der Waals surface area contributed by atoms with E-state index in [1.165, 1.54) is 0 Å². The van der Waals surface area contributed by atoms with Crippen LogP contribution in [0.5, 0.6) is 0 Å². The number of hydrogen-bond donors (Lipinski definition) is 0. The van der Waals surface area contributed by atoms with Crippen molar-refractivity contribution in [3.8, 4) is 0 Å². The van der Waals surface area contributed by atoms with E-state index in [2.05, 4.69) is 15.9 Å². The molecule has 0 N–H and O–H groups in total. The Kier molecular flexibility index (Phi) is 7.18. The summed E-state index contributed by atoms with van der Waals surface area (Å²) in [6.45, 7) is 4.01. The Balaban J connectivity index is 1.89. The maximum atomic E-state index is 13.4. The first-order chi connectivity index (χ1) is 14.7.